The quantitative estimate of drug-likeness (QED) is 0.117. The molecule has 22 heteroatoms. The minimum absolute atomic E-state index is 0.0424. The number of carboxylic acid groups (broad SMARTS) is 1. The molecule has 2 saturated heterocycles. The number of carboxylic acids is 1. The summed E-state index contributed by atoms with van der Waals surface area (Å²) in [6, 6.07) is 38.1. The Kier molecular flexibility index (Phi) is 18.6. The van der Waals surface area contributed by atoms with Gasteiger partial charge in [0.25, 0.3) is 17.5 Å². The summed E-state index contributed by atoms with van der Waals surface area (Å²) in [5.41, 5.74) is 11.2. The predicted octanol–water partition coefficient (Wildman–Crippen LogP) is 4.85. The molecule has 6 N–H and O–H groups in total. The largest absolute Gasteiger partial charge is 0.545 e. The molecule has 2 spiro atoms. The van der Waals surface area contributed by atoms with Crippen molar-refractivity contribution >= 4 is 59.0 Å². The normalized spacial score (nSPS) is 23.2. The number of fused-ring (bicyclic) bond motifs is 6. The van der Waals surface area contributed by atoms with E-state index in [0.717, 1.165) is 77.3 Å². The van der Waals surface area contributed by atoms with Crippen LogP contribution in [0.15, 0.2) is 152 Å². The average molecular weight is 1180 g/mol. The fraction of sp³-hybridized carbons (Fsp3) is 0.308. The number of hydrogen-bond donors (Lipinski definition) is 4. The molecule has 7 aromatic rings. The van der Waals surface area contributed by atoms with E-state index < -0.39 is 27.8 Å². The zero-order chi connectivity index (χ0) is 62.2. The van der Waals surface area contributed by atoms with Crippen LogP contribution in [0.25, 0.3) is 0 Å². The maximum atomic E-state index is 13.3. The maximum absolute atomic E-state index is 13.3. The number of nitrogens with one attached hydrogen (secondary N) is 3. The number of hydrogen-bond acceptors (Lipinski definition) is 15. The van der Waals surface area contributed by atoms with Crippen LogP contribution in [-0.2, 0) is 65.3 Å². The third-order valence-corrected chi connectivity index (χ3v) is 17.4. The standard InChI is InChI=1S/C29H29N5O3.C14H11N3O.C14H20N2O.C7H5NO4.CO2/c1-3-34-17(2)21(18-8-5-4-6-9-18)13-23(27(34)36)32-26(35)20-12-19-14-29(15-24(19)31-16-20)22-10-7-11-30-25(22)33-28(29)37;18-13-14(10-4-2-6-16-12(10)17-13)7-9-3-1-5-15-11(9)8-14;1-3-16-10(2)12(9-13(15)14(16)17)11-7-5-4-6-8-11;9-7(10)5-1-3-6(4-2-5)8(11)12;2-1-3/h4-12,16-17,21,23H,3,13-15H2,1-2H3,(H,32,35)(H,30,33,37);1-6H,7-8H2,(H,16,17,18);4-8,10,12-13H,3,9,15H2,1-2H3;1-4H,(H,9,10);/t17-,21?,23+,29+;14-;10-,12-,13+;;/m101../s1. The van der Waals surface area contributed by atoms with Crippen LogP contribution in [0.2, 0.25) is 0 Å². The Morgan fingerprint density at radius 1 is 0.644 bits per heavy atom. The zero-order valence-electron chi connectivity index (χ0n) is 48.4. The molecule has 1 unspecified atom stereocenters. The number of piperidine rings is 2. The Balaban J connectivity index is 0.000000151. The van der Waals surface area contributed by atoms with Crippen molar-refractivity contribution in [3.8, 4) is 0 Å². The number of aromatic nitrogens is 4. The van der Waals surface area contributed by atoms with Gasteiger partial charge in [0.15, 0.2) is 6.04 Å². The van der Waals surface area contributed by atoms with Crippen LogP contribution in [-0.4, -0.2) is 114 Å². The molecular formula is C65H65N11O11. The highest BCUT2D eigenvalue weighted by molar-refractivity contribution is 6.07. The van der Waals surface area contributed by atoms with Crippen LogP contribution in [0.4, 0.5) is 17.3 Å². The molecule has 446 valence electrons. The topological polar surface area (TPSA) is 325 Å². The Labute approximate surface area is 501 Å². The molecule has 0 saturated carbocycles. The highest BCUT2D eigenvalue weighted by Gasteiger charge is 2.53. The summed E-state index contributed by atoms with van der Waals surface area (Å²) in [4.78, 5) is 121. The monoisotopic (exact) mass is 1180 g/mol. The smallest absolute Gasteiger partial charge is 0.373 e. The SMILES string of the molecule is CCN1C(=O)[C@@H](NC(=O)c2cnc3c(c2)C[C@@]2(C3)C(=O)Nc3ncccc32)CC(c2ccccc2)[C@H]1C.CCN1C(=O)[C@@H]([NH3+])C[C@@H](c2ccccc2)[C@H]1C.O=C([O-])c1ccc([N+](=O)[O-])cc1.O=C1Nc2ncccc2[C@@]12Cc1cccnc1C2.O=C=O. The minimum atomic E-state index is -1.34. The van der Waals surface area contributed by atoms with Crippen molar-refractivity contribution in [1.29, 1.82) is 0 Å². The van der Waals surface area contributed by atoms with Gasteiger partial charge in [-0.2, -0.15) is 9.59 Å². The summed E-state index contributed by atoms with van der Waals surface area (Å²) in [6.07, 6.45) is 10.7. The molecule has 2 aliphatic carbocycles. The highest BCUT2D eigenvalue weighted by Crippen LogP contribution is 2.47. The van der Waals surface area contributed by atoms with Crippen LogP contribution < -0.4 is 26.8 Å². The van der Waals surface area contributed by atoms with Crippen molar-refractivity contribution in [1.82, 2.24) is 35.1 Å². The van der Waals surface area contributed by atoms with Gasteiger partial charge >= 0.3 is 6.15 Å². The molecule has 6 aliphatic rings. The van der Waals surface area contributed by atoms with Crippen molar-refractivity contribution in [2.75, 3.05) is 23.7 Å². The third-order valence-electron chi connectivity index (χ3n) is 17.4. The highest BCUT2D eigenvalue weighted by atomic mass is 16.6. The summed E-state index contributed by atoms with van der Waals surface area (Å²) in [5, 5.41) is 29.1. The van der Waals surface area contributed by atoms with Crippen molar-refractivity contribution in [2.45, 2.75) is 113 Å². The van der Waals surface area contributed by atoms with Gasteiger partial charge in [-0.3, -0.25) is 44.1 Å². The first-order valence-corrected chi connectivity index (χ1v) is 28.6. The molecule has 2 fully saturated rings. The van der Waals surface area contributed by atoms with Gasteiger partial charge in [-0.1, -0.05) is 78.9 Å². The van der Waals surface area contributed by atoms with Gasteiger partial charge in [-0.15, -0.1) is 0 Å². The van der Waals surface area contributed by atoms with E-state index in [1.54, 1.807) is 24.8 Å². The molecule has 87 heavy (non-hydrogen) atoms. The van der Waals surface area contributed by atoms with Crippen LogP contribution in [0.3, 0.4) is 0 Å². The van der Waals surface area contributed by atoms with E-state index in [0.29, 0.717) is 55.3 Å². The number of nitrogens with zero attached hydrogens (tertiary/aromatic N) is 7. The molecule has 4 aliphatic heterocycles. The number of aromatic carboxylic acids is 1. The van der Waals surface area contributed by atoms with Gasteiger partial charge in [-0.25, -0.2) is 9.97 Å². The van der Waals surface area contributed by atoms with Crippen LogP contribution in [0, 0.1) is 10.1 Å². The van der Waals surface area contributed by atoms with Gasteiger partial charge < -0.3 is 41.4 Å². The zero-order valence-corrected chi connectivity index (χ0v) is 48.4. The van der Waals surface area contributed by atoms with Crippen molar-refractivity contribution in [3.63, 3.8) is 0 Å². The lowest BCUT2D eigenvalue weighted by Crippen LogP contribution is -2.72. The predicted molar refractivity (Wildman–Crippen MR) is 314 cm³/mol. The van der Waals surface area contributed by atoms with E-state index in [2.05, 4.69) is 97.9 Å². The summed E-state index contributed by atoms with van der Waals surface area (Å²) in [6.45, 7) is 9.57. The van der Waals surface area contributed by atoms with Crippen LogP contribution >= 0.6 is 0 Å². The number of anilines is 2. The summed E-state index contributed by atoms with van der Waals surface area (Å²) >= 11 is 0. The number of carbonyl (C=O) groups excluding carboxylic acids is 8. The number of nitro benzene ring substituents is 1. The number of likely N-dealkylation sites (tertiary alicyclic amines) is 2. The van der Waals surface area contributed by atoms with E-state index in [1.807, 2.05) is 84.3 Å². The Morgan fingerprint density at radius 2 is 1.13 bits per heavy atom. The number of carbonyl (C=O) groups is 6. The van der Waals surface area contributed by atoms with Gasteiger partial charge in [0.2, 0.25) is 17.7 Å². The van der Waals surface area contributed by atoms with Crippen LogP contribution in [0.1, 0.15) is 118 Å². The van der Waals surface area contributed by atoms with E-state index in [4.69, 9.17) is 9.59 Å². The van der Waals surface area contributed by atoms with E-state index >= 15 is 0 Å². The van der Waals surface area contributed by atoms with Crippen molar-refractivity contribution < 1.29 is 54.1 Å². The number of nitro groups is 1. The molecule has 8 atom stereocenters. The number of benzene rings is 3. The molecule has 8 heterocycles. The first-order valence-electron chi connectivity index (χ1n) is 28.6. The first-order chi connectivity index (χ1) is 41.9. The second-order valence-corrected chi connectivity index (χ2v) is 22.2. The summed E-state index contributed by atoms with van der Waals surface area (Å²) in [7, 11) is 0. The summed E-state index contributed by atoms with van der Waals surface area (Å²) < 4.78 is 0. The molecule has 4 aromatic heterocycles. The van der Waals surface area contributed by atoms with Crippen LogP contribution in [0.5, 0.6) is 0 Å². The Bertz CT molecular complexity index is 3710. The average Bonchev–Trinajstić information content (AvgIpc) is 1.67. The molecule has 0 bridgehead atoms. The molecular weight excluding hydrogens is 1110 g/mol. The molecule has 13 rings (SSSR count). The van der Waals surface area contributed by atoms with Crippen molar-refractivity contribution in [3.05, 3.63) is 218 Å². The van der Waals surface area contributed by atoms with E-state index in [1.165, 1.54) is 11.1 Å². The second-order valence-electron chi connectivity index (χ2n) is 22.2. The molecule has 5 amide bonds. The van der Waals surface area contributed by atoms with Gasteiger partial charge in [-0.05, 0) is 111 Å². The maximum Gasteiger partial charge on any atom is 0.373 e. The fourth-order valence-corrected chi connectivity index (χ4v) is 12.9. The second kappa shape index (κ2) is 26.4. The van der Waals surface area contributed by atoms with Gasteiger partial charge in [0.05, 0.1) is 27.3 Å². The summed E-state index contributed by atoms with van der Waals surface area (Å²) in [5.74, 6) is 0.269. The number of rotatable bonds is 8. The lowest BCUT2D eigenvalue weighted by molar-refractivity contribution is -0.411. The Morgan fingerprint density at radius 3 is 1.63 bits per heavy atom. The molecule has 22 nitrogen and oxygen atoms in total. The molecule has 0 radical (unpaired) electrons. The van der Waals surface area contributed by atoms with Crippen molar-refractivity contribution in [2.24, 2.45) is 0 Å². The Hall–Kier alpha value is -10.2. The van der Waals surface area contributed by atoms with E-state index in [9.17, 15) is 44.0 Å². The first kappa shape index (κ1) is 61.4. The molecule has 3 aromatic carbocycles. The lowest BCUT2D eigenvalue weighted by atomic mass is 9.80. The minimum Gasteiger partial charge on any atom is -0.545 e. The number of pyridine rings is 4. The van der Waals surface area contributed by atoms with Gasteiger partial charge in [0.1, 0.15) is 17.7 Å². The van der Waals surface area contributed by atoms with Gasteiger partial charge in [0, 0.05) is 116 Å². The van der Waals surface area contributed by atoms with E-state index in [-0.39, 0.29) is 71.0 Å². The third kappa shape index (κ3) is 12.5. The number of likely N-dealkylation sites (N-methyl/N-ethyl adjacent to an activating group) is 2. The number of quaternary nitrogens is 1. The number of amides is 5. The number of non-ortho nitro benzene ring substituents is 1. The lowest BCUT2D eigenvalue weighted by Gasteiger charge is -2.42. The fourth-order valence-electron chi connectivity index (χ4n) is 12.9.